The van der Waals surface area contributed by atoms with E-state index in [1.54, 1.807) is 0 Å². The number of ether oxygens (including phenoxy) is 2. The smallest absolute Gasteiger partial charge is 0.256 e. The Morgan fingerprint density at radius 3 is 2.83 bits per heavy atom. The van der Waals surface area contributed by atoms with Crippen LogP contribution in [0.3, 0.4) is 0 Å². The molecule has 0 N–H and O–H groups in total. The molecule has 2 aliphatic heterocycles. The first kappa shape index (κ1) is 17.2. The number of amides is 1. The van der Waals surface area contributed by atoms with Crippen molar-refractivity contribution in [2.45, 2.75) is 32.3 Å². The maximum Gasteiger partial charge on any atom is 0.256 e. The Morgan fingerprint density at radius 2 is 2.04 bits per heavy atom. The number of para-hydroxylation sites is 1. The molecule has 2 fully saturated rings. The molecule has 0 aliphatic carbocycles. The number of nitrogens with zero attached hydrogens (tertiary/aromatic N) is 2. The standard InChI is InChI=1S/C19H28N2O3/c1-2-12-24-16-6-5-9-21(15-16)19(22)17-7-3-4-8-18(17)20-10-13-23-14-11-20/h3-4,7-8,16H,2,5-6,9-15H2,1H3. The molecule has 24 heavy (non-hydrogen) atoms. The lowest BCUT2D eigenvalue weighted by Gasteiger charge is -2.35. The van der Waals surface area contributed by atoms with Gasteiger partial charge in [-0.25, -0.2) is 0 Å². The van der Waals surface area contributed by atoms with E-state index in [9.17, 15) is 4.79 Å². The van der Waals surface area contributed by atoms with Crippen LogP contribution < -0.4 is 4.90 Å². The molecule has 1 aromatic carbocycles. The highest BCUT2D eigenvalue weighted by atomic mass is 16.5. The zero-order valence-electron chi connectivity index (χ0n) is 14.6. The SMILES string of the molecule is CCCOC1CCCN(C(=O)c2ccccc2N2CCOCC2)C1. The molecule has 0 bridgehead atoms. The van der Waals surface area contributed by atoms with Crippen molar-refractivity contribution in [3.05, 3.63) is 29.8 Å². The summed E-state index contributed by atoms with van der Waals surface area (Å²) in [6.45, 7) is 7.54. The van der Waals surface area contributed by atoms with Crippen molar-refractivity contribution < 1.29 is 14.3 Å². The average Bonchev–Trinajstić information content (AvgIpc) is 2.66. The topological polar surface area (TPSA) is 42.0 Å². The fourth-order valence-electron chi connectivity index (χ4n) is 3.45. The number of carbonyl (C=O) groups excluding carboxylic acids is 1. The normalized spacial score (nSPS) is 21.8. The molecular weight excluding hydrogens is 304 g/mol. The van der Waals surface area contributed by atoms with E-state index in [4.69, 9.17) is 9.47 Å². The number of benzene rings is 1. The van der Waals surface area contributed by atoms with Crippen molar-refractivity contribution in [2.75, 3.05) is 50.9 Å². The third-order valence-corrected chi connectivity index (χ3v) is 4.71. The molecule has 1 unspecified atom stereocenters. The summed E-state index contributed by atoms with van der Waals surface area (Å²) in [5, 5.41) is 0. The predicted octanol–water partition coefficient (Wildman–Crippen LogP) is 2.55. The van der Waals surface area contributed by atoms with E-state index in [2.05, 4.69) is 11.8 Å². The summed E-state index contributed by atoms with van der Waals surface area (Å²) >= 11 is 0. The number of rotatable bonds is 5. The minimum Gasteiger partial charge on any atom is -0.378 e. The summed E-state index contributed by atoms with van der Waals surface area (Å²) < 4.78 is 11.3. The molecule has 0 saturated carbocycles. The molecule has 1 aromatic rings. The van der Waals surface area contributed by atoms with Crippen molar-refractivity contribution in [3.8, 4) is 0 Å². The molecule has 5 nitrogen and oxygen atoms in total. The Morgan fingerprint density at radius 1 is 1.25 bits per heavy atom. The summed E-state index contributed by atoms with van der Waals surface area (Å²) in [6, 6.07) is 7.95. The van der Waals surface area contributed by atoms with Gasteiger partial charge in [0.1, 0.15) is 0 Å². The number of hydrogen-bond donors (Lipinski definition) is 0. The Balaban J connectivity index is 1.72. The zero-order valence-corrected chi connectivity index (χ0v) is 14.6. The van der Waals surface area contributed by atoms with Crippen molar-refractivity contribution >= 4 is 11.6 Å². The third kappa shape index (κ3) is 4.08. The Hall–Kier alpha value is -1.59. The van der Waals surface area contributed by atoms with Gasteiger partial charge in [0, 0.05) is 38.5 Å². The molecule has 0 radical (unpaired) electrons. The molecule has 0 aromatic heterocycles. The van der Waals surface area contributed by atoms with Crippen molar-refractivity contribution in [1.29, 1.82) is 0 Å². The average molecular weight is 332 g/mol. The highest BCUT2D eigenvalue weighted by molar-refractivity contribution is 6.00. The number of morpholine rings is 1. The zero-order chi connectivity index (χ0) is 16.8. The molecule has 132 valence electrons. The van der Waals surface area contributed by atoms with Gasteiger partial charge < -0.3 is 19.3 Å². The minimum absolute atomic E-state index is 0.127. The molecule has 2 aliphatic rings. The van der Waals surface area contributed by atoms with Gasteiger partial charge in [-0.2, -0.15) is 0 Å². The van der Waals surface area contributed by atoms with Gasteiger partial charge >= 0.3 is 0 Å². The number of anilines is 1. The Labute approximate surface area is 144 Å². The van der Waals surface area contributed by atoms with Crippen LogP contribution in [-0.4, -0.2) is 62.9 Å². The minimum atomic E-state index is 0.127. The number of carbonyl (C=O) groups is 1. The van der Waals surface area contributed by atoms with Crippen LogP contribution in [0.5, 0.6) is 0 Å². The van der Waals surface area contributed by atoms with Gasteiger partial charge in [0.25, 0.3) is 5.91 Å². The van der Waals surface area contributed by atoms with Gasteiger partial charge in [-0.05, 0) is 31.4 Å². The quantitative estimate of drug-likeness (QED) is 0.831. The predicted molar refractivity (Wildman–Crippen MR) is 94.6 cm³/mol. The largest absolute Gasteiger partial charge is 0.378 e. The van der Waals surface area contributed by atoms with Gasteiger partial charge in [0.2, 0.25) is 0 Å². The third-order valence-electron chi connectivity index (χ3n) is 4.71. The van der Waals surface area contributed by atoms with E-state index in [0.29, 0.717) is 6.54 Å². The van der Waals surface area contributed by atoms with Gasteiger partial charge in [-0.1, -0.05) is 19.1 Å². The summed E-state index contributed by atoms with van der Waals surface area (Å²) in [4.78, 5) is 17.3. The number of likely N-dealkylation sites (tertiary alicyclic amines) is 1. The van der Waals surface area contributed by atoms with Crippen LogP contribution in [0.25, 0.3) is 0 Å². The van der Waals surface area contributed by atoms with Crippen LogP contribution in [0.1, 0.15) is 36.5 Å². The van der Waals surface area contributed by atoms with Crippen LogP contribution in [0, 0.1) is 0 Å². The van der Waals surface area contributed by atoms with E-state index in [-0.39, 0.29) is 12.0 Å². The second kappa shape index (κ2) is 8.49. The molecule has 3 rings (SSSR count). The molecule has 5 heteroatoms. The van der Waals surface area contributed by atoms with Crippen LogP contribution in [0.15, 0.2) is 24.3 Å². The van der Waals surface area contributed by atoms with E-state index >= 15 is 0 Å². The van der Waals surface area contributed by atoms with E-state index in [0.717, 1.165) is 70.0 Å². The monoisotopic (exact) mass is 332 g/mol. The lowest BCUT2D eigenvalue weighted by atomic mass is 10.0. The molecule has 1 amide bonds. The van der Waals surface area contributed by atoms with Gasteiger partial charge in [0.05, 0.1) is 24.9 Å². The first-order valence-electron chi connectivity index (χ1n) is 9.12. The lowest BCUT2D eigenvalue weighted by Crippen LogP contribution is -2.44. The van der Waals surface area contributed by atoms with Crippen molar-refractivity contribution in [3.63, 3.8) is 0 Å². The highest BCUT2D eigenvalue weighted by Gasteiger charge is 2.27. The molecule has 2 saturated heterocycles. The fourth-order valence-corrected chi connectivity index (χ4v) is 3.45. The van der Waals surface area contributed by atoms with Crippen LogP contribution in [0.4, 0.5) is 5.69 Å². The van der Waals surface area contributed by atoms with Gasteiger partial charge in [-0.3, -0.25) is 4.79 Å². The molecule has 1 atom stereocenters. The Kier molecular flexibility index (Phi) is 6.10. The first-order valence-corrected chi connectivity index (χ1v) is 9.12. The van der Waals surface area contributed by atoms with Crippen LogP contribution in [-0.2, 0) is 9.47 Å². The summed E-state index contributed by atoms with van der Waals surface area (Å²) in [5.74, 6) is 0.127. The van der Waals surface area contributed by atoms with E-state index in [1.807, 2.05) is 29.2 Å². The van der Waals surface area contributed by atoms with Gasteiger partial charge in [-0.15, -0.1) is 0 Å². The van der Waals surface area contributed by atoms with Crippen LogP contribution >= 0.6 is 0 Å². The Bertz CT molecular complexity index is 543. The molecule has 2 heterocycles. The van der Waals surface area contributed by atoms with Crippen molar-refractivity contribution in [2.24, 2.45) is 0 Å². The lowest BCUT2D eigenvalue weighted by molar-refractivity contribution is 0.00212. The summed E-state index contributed by atoms with van der Waals surface area (Å²) in [7, 11) is 0. The maximum absolute atomic E-state index is 13.1. The number of piperidine rings is 1. The molecule has 0 spiro atoms. The summed E-state index contributed by atoms with van der Waals surface area (Å²) in [5.41, 5.74) is 1.83. The fraction of sp³-hybridized carbons (Fsp3) is 0.632. The second-order valence-electron chi connectivity index (χ2n) is 6.50. The maximum atomic E-state index is 13.1. The summed E-state index contributed by atoms with van der Waals surface area (Å²) in [6.07, 6.45) is 3.26. The van der Waals surface area contributed by atoms with E-state index < -0.39 is 0 Å². The van der Waals surface area contributed by atoms with E-state index in [1.165, 1.54) is 0 Å². The van der Waals surface area contributed by atoms with Crippen molar-refractivity contribution in [1.82, 2.24) is 4.90 Å². The van der Waals surface area contributed by atoms with Crippen LogP contribution in [0.2, 0.25) is 0 Å². The second-order valence-corrected chi connectivity index (χ2v) is 6.50. The molecular formula is C19H28N2O3. The van der Waals surface area contributed by atoms with Gasteiger partial charge in [0.15, 0.2) is 0 Å². The number of hydrogen-bond acceptors (Lipinski definition) is 4. The highest BCUT2D eigenvalue weighted by Crippen LogP contribution is 2.25. The first-order chi connectivity index (χ1) is 11.8.